The zero-order chi connectivity index (χ0) is 16.5. The average Bonchev–Trinajstić information content (AvgIpc) is 2.59. The number of hydrogen-bond acceptors (Lipinski definition) is 3. The van der Waals surface area contributed by atoms with Crippen LogP contribution in [0.5, 0.6) is 0 Å². The quantitative estimate of drug-likeness (QED) is 0.646. The lowest BCUT2D eigenvalue weighted by atomic mass is 10.2. The van der Waals surface area contributed by atoms with E-state index in [1.54, 1.807) is 0 Å². The monoisotopic (exact) mass is 331 g/mol. The molecule has 1 heterocycles. The Hall–Kier alpha value is -0.943. The normalized spacial score (nSPS) is 16.8. The van der Waals surface area contributed by atoms with E-state index in [0.717, 1.165) is 12.8 Å². The molecule has 1 aliphatic rings. The fourth-order valence-corrected chi connectivity index (χ4v) is 5.34. The predicted octanol–water partition coefficient (Wildman–Crippen LogP) is 2.24. The second kappa shape index (κ2) is 10.0. The fourth-order valence-electron chi connectivity index (χ4n) is 3.00. The second-order valence-corrected chi connectivity index (χ2v) is 8.89. The van der Waals surface area contributed by atoms with Gasteiger partial charge in [0.05, 0.1) is 0 Å². The van der Waals surface area contributed by atoms with Crippen LogP contribution in [-0.2, 0) is 4.74 Å². The summed E-state index contributed by atoms with van der Waals surface area (Å²) in [5.41, 5.74) is 1.22. The topological polar surface area (TPSA) is 15.7 Å². The van der Waals surface area contributed by atoms with Gasteiger partial charge in [-0.3, -0.25) is 0 Å². The van der Waals surface area contributed by atoms with Crippen LogP contribution in [0.2, 0.25) is 6.04 Å². The molecule has 0 atom stereocenters. The number of piperazine rings is 1. The Kier molecular flexibility index (Phi) is 8.02. The van der Waals surface area contributed by atoms with Crippen LogP contribution in [0.15, 0.2) is 30.8 Å². The van der Waals surface area contributed by atoms with E-state index in [1.165, 1.54) is 55.9 Å². The van der Waals surface area contributed by atoms with Crippen LogP contribution in [0.4, 0.5) is 0 Å². The van der Waals surface area contributed by atoms with Crippen molar-refractivity contribution in [2.24, 2.45) is 0 Å². The fraction of sp³-hybridized carbons (Fsp3) is 0.579. The summed E-state index contributed by atoms with van der Waals surface area (Å²) in [5, 5.41) is 1.49. The number of nitrogens with zero attached hydrogens (tertiary/aromatic N) is 2. The van der Waals surface area contributed by atoms with Crippen molar-refractivity contribution in [3.8, 4) is 0 Å². The van der Waals surface area contributed by atoms with E-state index in [9.17, 15) is 0 Å². The first kappa shape index (κ1) is 18.4. The van der Waals surface area contributed by atoms with Gasteiger partial charge in [0.15, 0.2) is 0 Å². The van der Waals surface area contributed by atoms with Crippen LogP contribution in [0.3, 0.4) is 0 Å². The maximum absolute atomic E-state index is 5.78. The Morgan fingerprint density at radius 3 is 2.74 bits per heavy atom. The van der Waals surface area contributed by atoms with E-state index in [-0.39, 0.29) is 0 Å². The minimum Gasteiger partial charge on any atom is -0.385 e. The van der Waals surface area contributed by atoms with Gasteiger partial charge in [-0.05, 0) is 32.5 Å². The van der Waals surface area contributed by atoms with Crippen molar-refractivity contribution < 1.29 is 4.74 Å². The molecule has 3 nitrogen and oxygen atoms in total. The molecule has 1 radical (unpaired) electrons. The molecule has 0 aliphatic carbocycles. The molecule has 1 aromatic rings. The molecule has 1 aromatic carbocycles. The number of ether oxygens (including phenoxy) is 1. The molecule has 0 amide bonds. The van der Waals surface area contributed by atoms with Crippen molar-refractivity contribution in [1.29, 1.82) is 0 Å². The van der Waals surface area contributed by atoms with Crippen molar-refractivity contribution >= 4 is 20.1 Å². The Labute approximate surface area is 143 Å². The minimum absolute atomic E-state index is 0.635. The van der Waals surface area contributed by atoms with Gasteiger partial charge in [0.1, 0.15) is 8.80 Å². The van der Waals surface area contributed by atoms with E-state index in [1.807, 2.05) is 6.08 Å². The van der Waals surface area contributed by atoms with Crippen molar-refractivity contribution in [2.75, 3.05) is 52.6 Å². The maximum Gasteiger partial charge on any atom is 0.117 e. The van der Waals surface area contributed by atoms with Gasteiger partial charge in [-0.15, -0.1) is 0 Å². The van der Waals surface area contributed by atoms with Gasteiger partial charge in [0.25, 0.3) is 0 Å². The highest BCUT2D eigenvalue weighted by atomic mass is 28.3. The van der Waals surface area contributed by atoms with Crippen LogP contribution in [0.25, 0.3) is 6.08 Å². The van der Waals surface area contributed by atoms with Crippen molar-refractivity contribution in [1.82, 2.24) is 9.80 Å². The second-order valence-electron chi connectivity index (χ2n) is 6.32. The number of hydrogen-bond donors (Lipinski definition) is 0. The smallest absolute Gasteiger partial charge is 0.117 e. The Morgan fingerprint density at radius 1 is 1.26 bits per heavy atom. The molecule has 127 valence electrons. The van der Waals surface area contributed by atoms with Crippen LogP contribution in [-0.4, -0.2) is 71.2 Å². The Balaban J connectivity index is 1.86. The summed E-state index contributed by atoms with van der Waals surface area (Å²) in [6, 6.07) is 10.1. The zero-order valence-corrected chi connectivity index (χ0v) is 15.8. The average molecular weight is 332 g/mol. The molecule has 0 spiro atoms. The van der Waals surface area contributed by atoms with E-state index < -0.39 is 8.80 Å². The van der Waals surface area contributed by atoms with Gasteiger partial charge in [-0.1, -0.05) is 48.2 Å². The van der Waals surface area contributed by atoms with E-state index in [2.05, 4.69) is 54.6 Å². The zero-order valence-electron chi connectivity index (χ0n) is 14.8. The molecular weight excluding hydrogens is 300 g/mol. The third kappa shape index (κ3) is 6.22. The summed E-state index contributed by atoms with van der Waals surface area (Å²) in [6.07, 6.45) is 4.14. The highest BCUT2D eigenvalue weighted by Crippen LogP contribution is 2.07. The molecular formula is C19H31N2OSi. The molecule has 1 saturated heterocycles. The summed E-state index contributed by atoms with van der Waals surface area (Å²) in [5.74, 6) is 0. The van der Waals surface area contributed by atoms with Crippen molar-refractivity contribution in [3.63, 3.8) is 0 Å². The molecule has 0 unspecified atom stereocenters. The van der Waals surface area contributed by atoms with Gasteiger partial charge in [-0.25, -0.2) is 0 Å². The summed E-state index contributed by atoms with van der Waals surface area (Å²) >= 11 is 0. The van der Waals surface area contributed by atoms with Crippen molar-refractivity contribution in [3.05, 3.63) is 36.4 Å². The van der Waals surface area contributed by atoms with E-state index >= 15 is 0 Å². The summed E-state index contributed by atoms with van der Waals surface area (Å²) in [7, 11) is 1.58. The first-order chi connectivity index (χ1) is 11.2. The molecule has 0 aromatic heterocycles. The lowest BCUT2D eigenvalue weighted by molar-refractivity contribution is 0.154. The van der Waals surface area contributed by atoms with Crippen LogP contribution in [0, 0.1) is 0 Å². The molecule has 4 heteroatoms. The largest absolute Gasteiger partial charge is 0.385 e. The highest BCUT2D eigenvalue weighted by molar-refractivity contribution is 6.73. The van der Waals surface area contributed by atoms with E-state index in [4.69, 9.17) is 4.74 Å². The van der Waals surface area contributed by atoms with Crippen LogP contribution < -0.4 is 5.19 Å². The molecule has 0 N–H and O–H groups in total. The number of likely N-dealkylation sites (N-methyl/N-ethyl adjacent to an activating group) is 1. The third-order valence-electron chi connectivity index (χ3n) is 4.56. The van der Waals surface area contributed by atoms with Crippen LogP contribution >= 0.6 is 0 Å². The van der Waals surface area contributed by atoms with Gasteiger partial charge in [0, 0.05) is 39.0 Å². The Morgan fingerprint density at radius 2 is 2.04 bits per heavy atom. The summed E-state index contributed by atoms with van der Waals surface area (Å²) < 4.78 is 5.78. The molecule has 23 heavy (non-hydrogen) atoms. The maximum atomic E-state index is 5.78. The summed E-state index contributed by atoms with van der Waals surface area (Å²) in [4.78, 5) is 5.03. The third-order valence-corrected chi connectivity index (χ3v) is 7.20. The minimum atomic E-state index is -0.635. The highest BCUT2D eigenvalue weighted by Gasteiger charge is 2.17. The predicted molar refractivity (Wildman–Crippen MR) is 102 cm³/mol. The Bertz CT molecular complexity index is 472. The molecule has 1 fully saturated rings. The van der Waals surface area contributed by atoms with Gasteiger partial charge >= 0.3 is 0 Å². The first-order valence-corrected chi connectivity index (χ1v) is 10.7. The number of benzene rings is 1. The van der Waals surface area contributed by atoms with Gasteiger partial charge < -0.3 is 14.5 Å². The van der Waals surface area contributed by atoms with E-state index in [0.29, 0.717) is 0 Å². The molecule has 0 saturated carbocycles. The standard InChI is InChI=1S/C19H31N2OSi/c1-4-18-8-6-9-19(16-18)23(17-22-5-2)15-7-10-21-13-11-20(3)12-14-21/h4,6,8-9,16H,1,5,7,10-15,17H2,2-3H3. The van der Waals surface area contributed by atoms with Gasteiger partial charge in [0.2, 0.25) is 0 Å². The van der Waals surface area contributed by atoms with Crippen LogP contribution in [0.1, 0.15) is 18.9 Å². The SMILES string of the molecule is C=Cc1cccc([Si](CCCN2CCN(C)CC2)COCC)c1. The summed E-state index contributed by atoms with van der Waals surface area (Å²) in [6.45, 7) is 12.9. The lowest BCUT2D eigenvalue weighted by Crippen LogP contribution is -2.45. The first-order valence-electron chi connectivity index (χ1n) is 8.79. The molecule has 2 rings (SSSR count). The van der Waals surface area contributed by atoms with Crippen molar-refractivity contribution in [2.45, 2.75) is 19.4 Å². The number of rotatable bonds is 9. The molecule has 1 aliphatic heterocycles. The molecule has 0 bridgehead atoms. The van der Waals surface area contributed by atoms with Gasteiger partial charge in [-0.2, -0.15) is 0 Å². The lowest BCUT2D eigenvalue weighted by Gasteiger charge is -2.32.